The van der Waals surface area contributed by atoms with Gasteiger partial charge in [0.2, 0.25) is 6.29 Å². The minimum atomic E-state index is -1.62. The Hall–Kier alpha value is -1.53. The summed E-state index contributed by atoms with van der Waals surface area (Å²) in [6.45, 7) is 0.912. The summed E-state index contributed by atoms with van der Waals surface area (Å²) in [4.78, 5) is 12.0. The predicted molar refractivity (Wildman–Crippen MR) is 86.6 cm³/mol. The first-order valence-electron chi connectivity index (χ1n) is 8.52. The summed E-state index contributed by atoms with van der Waals surface area (Å²) in [7, 11) is 1.23. The third kappa shape index (κ3) is 3.49. The zero-order chi connectivity index (χ0) is 19.9. The first kappa shape index (κ1) is 20.2. The van der Waals surface area contributed by atoms with Crippen LogP contribution in [0.25, 0.3) is 0 Å². The van der Waals surface area contributed by atoms with Crippen molar-refractivity contribution >= 4 is 5.97 Å². The molecule has 10 heteroatoms. The summed E-state index contributed by atoms with van der Waals surface area (Å²) in [5, 5.41) is 49.8. The van der Waals surface area contributed by atoms with Crippen molar-refractivity contribution < 1.29 is 49.3 Å². The molecule has 0 aromatic rings. The average Bonchev–Trinajstić information content (AvgIpc) is 2.97. The van der Waals surface area contributed by atoms with Crippen molar-refractivity contribution in [3.05, 3.63) is 24.0 Å². The summed E-state index contributed by atoms with van der Waals surface area (Å²) in [5.74, 6) is -1.93. The number of methoxy groups -OCH3 is 1. The van der Waals surface area contributed by atoms with Gasteiger partial charge < -0.3 is 44.5 Å². The van der Waals surface area contributed by atoms with E-state index < -0.39 is 67.0 Å². The molecule has 152 valence electrons. The molecule has 0 radical (unpaired) electrons. The lowest BCUT2D eigenvalue weighted by Gasteiger charge is -2.44. The molecule has 0 amide bonds. The minimum absolute atomic E-state index is 0.199. The zero-order valence-corrected chi connectivity index (χ0v) is 14.8. The highest BCUT2D eigenvalue weighted by molar-refractivity contribution is 5.89. The van der Waals surface area contributed by atoms with E-state index in [1.165, 1.54) is 20.1 Å². The quantitative estimate of drug-likeness (QED) is 0.264. The van der Waals surface area contributed by atoms with Crippen LogP contribution in [-0.4, -0.2) is 87.8 Å². The van der Waals surface area contributed by atoms with Crippen molar-refractivity contribution in [1.29, 1.82) is 0 Å². The molecule has 0 aromatic heterocycles. The topological polar surface area (TPSA) is 155 Å². The van der Waals surface area contributed by atoms with Crippen LogP contribution >= 0.6 is 0 Å². The molecule has 3 rings (SSSR count). The molecule has 2 heterocycles. The molecule has 0 bridgehead atoms. The molecule has 2 aliphatic heterocycles. The molecule has 10 nitrogen and oxygen atoms in total. The van der Waals surface area contributed by atoms with Crippen LogP contribution < -0.4 is 0 Å². The van der Waals surface area contributed by atoms with Crippen LogP contribution in [0.4, 0.5) is 0 Å². The van der Waals surface area contributed by atoms with Gasteiger partial charge >= 0.3 is 5.97 Å². The summed E-state index contributed by atoms with van der Waals surface area (Å²) in [6.07, 6.45) is -4.16. The highest BCUT2D eigenvalue weighted by atomic mass is 16.8. The molecule has 0 spiro atoms. The molecule has 1 fully saturated rings. The molecule has 0 aromatic carbocycles. The lowest BCUT2D eigenvalue weighted by molar-refractivity contribution is -0.345. The number of rotatable bonds is 4. The van der Waals surface area contributed by atoms with Crippen LogP contribution in [0.5, 0.6) is 0 Å². The Morgan fingerprint density at radius 2 is 1.93 bits per heavy atom. The van der Waals surface area contributed by atoms with Gasteiger partial charge in [-0.25, -0.2) is 4.79 Å². The SMILES string of the molecule is COC(=O)C1=COC(OC2OC(CO)C(O)C(O)C2O)C2C1C=CC2(C)O. The van der Waals surface area contributed by atoms with E-state index in [-0.39, 0.29) is 5.57 Å². The number of carbonyl (C=O) groups excluding carboxylic acids is 1. The molecular weight excluding hydrogens is 364 g/mol. The molecule has 27 heavy (non-hydrogen) atoms. The number of fused-ring (bicyclic) bond motifs is 1. The summed E-state index contributed by atoms with van der Waals surface area (Å²) in [6, 6.07) is 0. The van der Waals surface area contributed by atoms with E-state index >= 15 is 0 Å². The fraction of sp³-hybridized carbons (Fsp3) is 0.706. The van der Waals surface area contributed by atoms with Crippen molar-refractivity contribution in [2.45, 2.75) is 49.5 Å². The van der Waals surface area contributed by atoms with Crippen LogP contribution in [0.15, 0.2) is 24.0 Å². The Labute approximate surface area is 155 Å². The molecule has 9 unspecified atom stereocenters. The molecular formula is C17H24O10. The van der Waals surface area contributed by atoms with Crippen molar-refractivity contribution in [3.63, 3.8) is 0 Å². The van der Waals surface area contributed by atoms with Crippen LogP contribution in [0.3, 0.4) is 0 Å². The summed E-state index contributed by atoms with van der Waals surface area (Å²) < 4.78 is 21.1. The number of allylic oxidation sites excluding steroid dienone is 1. The van der Waals surface area contributed by atoms with Crippen LogP contribution in [0, 0.1) is 11.8 Å². The van der Waals surface area contributed by atoms with Crippen molar-refractivity contribution in [3.8, 4) is 0 Å². The van der Waals surface area contributed by atoms with E-state index in [1.807, 2.05) is 0 Å². The van der Waals surface area contributed by atoms with Gasteiger partial charge in [0.1, 0.15) is 24.4 Å². The Balaban J connectivity index is 1.82. The second kappa shape index (κ2) is 7.47. The van der Waals surface area contributed by atoms with E-state index in [1.54, 1.807) is 6.08 Å². The highest BCUT2D eigenvalue weighted by Crippen LogP contribution is 2.45. The first-order valence-corrected chi connectivity index (χ1v) is 8.52. The van der Waals surface area contributed by atoms with Gasteiger partial charge in [-0.05, 0) is 6.92 Å². The Bertz CT molecular complexity index is 627. The summed E-state index contributed by atoms with van der Waals surface area (Å²) in [5.41, 5.74) is -1.19. The second-order valence-electron chi connectivity index (χ2n) is 7.04. The number of aliphatic hydroxyl groups excluding tert-OH is 4. The molecule has 9 atom stereocenters. The van der Waals surface area contributed by atoms with Crippen molar-refractivity contribution in [2.75, 3.05) is 13.7 Å². The van der Waals surface area contributed by atoms with E-state index in [9.17, 15) is 30.3 Å². The minimum Gasteiger partial charge on any atom is -0.471 e. The Morgan fingerprint density at radius 1 is 1.22 bits per heavy atom. The van der Waals surface area contributed by atoms with E-state index in [2.05, 4.69) is 0 Å². The van der Waals surface area contributed by atoms with E-state index in [4.69, 9.17) is 18.9 Å². The van der Waals surface area contributed by atoms with Gasteiger partial charge in [0.25, 0.3) is 0 Å². The van der Waals surface area contributed by atoms with Crippen molar-refractivity contribution in [2.24, 2.45) is 11.8 Å². The average molecular weight is 388 g/mol. The third-order valence-electron chi connectivity index (χ3n) is 5.22. The smallest absolute Gasteiger partial charge is 0.337 e. The molecule has 5 N–H and O–H groups in total. The number of hydrogen-bond acceptors (Lipinski definition) is 10. The fourth-order valence-electron chi connectivity index (χ4n) is 3.67. The Morgan fingerprint density at radius 3 is 2.56 bits per heavy atom. The molecule has 0 saturated carbocycles. The van der Waals surface area contributed by atoms with Crippen LogP contribution in [-0.2, 0) is 23.7 Å². The van der Waals surface area contributed by atoms with Gasteiger partial charge in [-0.1, -0.05) is 12.2 Å². The zero-order valence-electron chi connectivity index (χ0n) is 14.8. The van der Waals surface area contributed by atoms with Crippen LogP contribution in [0.1, 0.15) is 6.92 Å². The van der Waals surface area contributed by atoms with Gasteiger partial charge in [-0.3, -0.25) is 0 Å². The number of esters is 1. The number of carbonyl (C=O) groups is 1. The van der Waals surface area contributed by atoms with Gasteiger partial charge in [0, 0.05) is 5.92 Å². The largest absolute Gasteiger partial charge is 0.471 e. The van der Waals surface area contributed by atoms with Gasteiger partial charge in [0.05, 0.1) is 37.1 Å². The summed E-state index contributed by atoms with van der Waals surface area (Å²) >= 11 is 0. The second-order valence-corrected chi connectivity index (χ2v) is 7.04. The predicted octanol–water partition coefficient (Wildman–Crippen LogP) is -2.23. The van der Waals surface area contributed by atoms with E-state index in [0.717, 1.165) is 6.26 Å². The normalized spacial score (nSPS) is 46.4. The molecule has 1 saturated heterocycles. The fourth-order valence-corrected chi connectivity index (χ4v) is 3.67. The van der Waals surface area contributed by atoms with Crippen LogP contribution in [0.2, 0.25) is 0 Å². The first-order chi connectivity index (χ1) is 12.7. The van der Waals surface area contributed by atoms with E-state index in [0.29, 0.717) is 0 Å². The molecule has 3 aliphatic rings. The highest BCUT2D eigenvalue weighted by Gasteiger charge is 2.53. The van der Waals surface area contributed by atoms with Gasteiger partial charge in [-0.15, -0.1) is 0 Å². The van der Waals surface area contributed by atoms with Gasteiger partial charge in [-0.2, -0.15) is 0 Å². The maximum atomic E-state index is 12.0. The third-order valence-corrected chi connectivity index (χ3v) is 5.22. The lowest BCUT2D eigenvalue weighted by Crippen LogP contribution is -2.60. The Kier molecular flexibility index (Phi) is 5.59. The molecule has 1 aliphatic carbocycles. The lowest BCUT2D eigenvalue weighted by atomic mass is 9.80. The number of ether oxygens (including phenoxy) is 4. The van der Waals surface area contributed by atoms with Crippen molar-refractivity contribution in [1.82, 2.24) is 0 Å². The number of hydrogen-bond donors (Lipinski definition) is 5. The maximum absolute atomic E-state index is 12.0. The monoisotopic (exact) mass is 388 g/mol. The standard InChI is InChI=1S/C17H24O10/c1-17(23)4-3-7-8(14(22)24-2)6-25-15(10(7)17)27-16-13(21)12(20)11(19)9(5-18)26-16/h3-4,6-7,9-13,15-16,18-21,23H,5H2,1-2H3. The maximum Gasteiger partial charge on any atom is 0.337 e. The number of aliphatic hydroxyl groups is 5. The van der Waals surface area contributed by atoms with Gasteiger partial charge in [0.15, 0.2) is 6.29 Å².